The topological polar surface area (TPSA) is 68.9 Å². The van der Waals surface area contributed by atoms with Gasteiger partial charge in [-0.1, -0.05) is 12.1 Å². The van der Waals surface area contributed by atoms with Gasteiger partial charge in [0.2, 0.25) is 0 Å². The standard InChI is InChI=1S/C14H18F3N3O2.HI/c1-21-13(7-4-8-13)9-19-12(18)20-10-5-2-3-6-11(10)22-14(15,16)17;/h2-3,5-6H,4,7-9H2,1H3,(H3,18,19,20);1H. The first kappa shape index (κ1) is 19.8. The minimum absolute atomic E-state index is 0. The number of aliphatic imine (C=N–C) groups is 1. The van der Waals surface area contributed by atoms with Crippen LogP contribution >= 0.6 is 24.0 Å². The van der Waals surface area contributed by atoms with Crippen LogP contribution in [-0.2, 0) is 4.74 Å². The number of nitrogens with two attached hydrogens (primary N) is 1. The highest BCUT2D eigenvalue weighted by Gasteiger charge is 2.36. The van der Waals surface area contributed by atoms with Crippen molar-refractivity contribution >= 4 is 35.6 Å². The van der Waals surface area contributed by atoms with E-state index >= 15 is 0 Å². The van der Waals surface area contributed by atoms with Gasteiger partial charge in [-0.3, -0.25) is 4.99 Å². The molecule has 1 aromatic rings. The molecule has 9 heteroatoms. The number of rotatable bonds is 5. The maximum Gasteiger partial charge on any atom is 0.573 e. The van der Waals surface area contributed by atoms with Crippen molar-refractivity contribution < 1.29 is 22.6 Å². The van der Waals surface area contributed by atoms with Crippen molar-refractivity contribution in [3.8, 4) is 5.75 Å². The van der Waals surface area contributed by atoms with Gasteiger partial charge in [-0.2, -0.15) is 0 Å². The third kappa shape index (κ3) is 5.72. The molecule has 5 nitrogen and oxygen atoms in total. The molecule has 1 aliphatic carbocycles. The lowest BCUT2D eigenvalue weighted by Crippen LogP contribution is -2.43. The molecule has 0 bridgehead atoms. The Morgan fingerprint density at radius 2 is 2.00 bits per heavy atom. The number of benzene rings is 1. The minimum Gasteiger partial charge on any atom is -0.404 e. The fraction of sp³-hybridized carbons (Fsp3) is 0.500. The van der Waals surface area contributed by atoms with E-state index in [0.29, 0.717) is 6.54 Å². The summed E-state index contributed by atoms with van der Waals surface area (Å²) in [4.78, 5) is 4.14. The number of para-hydroxylation sites is 2. The average Bonchev–Trinajstić information content (AvgIpc) is 2.39. The van der Waals surface area contributed by atoms with E-state index in [4.69, 9.17) is 10.5 Å². The van der Waals surface area contributed by atoms with Gasteiger partial charge in [-0.25, -0.2) is 0 Å². The molecule has 3 N–H and O–H groups in total. The van der Waals surface area contributed by atoms with Gasteiger partial charge in [-0.15, -0.1) is 37.1 Å². The largest absolute Gasteiger partial charge is 0.573 e. The lowest BCUT2D eigenvalue weighted by Gasteiger charge is -2.39. The minimum atomic E-state index is -4.77. The number of nitrogens with zero attached hydrogens (tertiary/aromatic N) is 1. The van der Waals surface area contributed by atoms with Crippen molar-refractivity contribution in [3.05, 3.63) is 24.3 Å². The Labute approximate surface area is 149 Å². The van der Waals surface area contributed by atoms with Crippen molar-refractivity contribution in [1.29, 1.82) is 0 Å². The Morgan fingerprint density at radius 1 is 1.35 bits per heavy atom. The molecule has 0 unspecified atom stereocenters. The molecule has 0 aromatic heterocycles. The summed E-state index contributed by atoms with van der Waals surface area (Å²) >= 11 is 0. The first-order valence-corrected chi connectivity index (χ1v) is 6.80. The molecule has 1 saturated carbocycles. The van der Waals surface area contributed by atoms with E-state index in [1.54, 1.807) is 13.2 Å². The van der Waals surface area contributed by atoms with Crippen LogP contribution in [0.5, 0.6) is 5.75 Å². The summed E-state index contributed by atoms with van der Waals surface area (Å²) < 4.78 is 46.3. The number of hydrogen-bond acceptors (Lipinski definition) is 3. The van der Waals surface area contributed by atoms with Crippen LogP contribution in [0.2, 0.25) is 0 Å². The number of methoxy groups -OCH3 is 1. The summed E-state index contributed by atoms with van der Waals surface area (Å²) in [6, 6.07) is 5.64. The lowest BCUT2D eigenvalue weighted by atomic mass is 9.80. The number of halogens is 4. The van der Waals surface area contributed by atoms with Gasteiger partial charge in [0.15, 0.2) is 11.7 Å². The van der Waals surface area contributed by atoms with Gasteiger partial charge in [0.05, 0.1) is 17.8 Å². The molecule has 0 aliphatic heterocycles. The van der Waals surface area contributed by atoms with E-state index in [2.05, 4.69) is 15.0 Å². The number of hydrogen-bond donors (Lipinski definition) is 2. The lowest BCUT2D eigenvalue weighted by molar-refractivity contribution is -0.274. The Bertz CT molecular complexity index is 543. The third-order valence-electron chi connectivity index (χ3n) is 3.61. The predicted octanol–water partition coefficient (Wildman–Crippen LogP) is 3.50. The zero-order chi connectivity index (χ0) is 16.2. The van der Waals surface area contributed by atoms with Crippen molar-refractivity contribution in [1.82, 2.24) is 0 Å². The SMILES string of the molecule is COC1(CN=C(N)Nc2ccccc2OC(F)(F)F)CCC1.I. The molecule has 1 fully saturated rings. The van der Waals surface area contributed by atoms with Gasteiger partial charge in [0, 0.05) is 7.11 Å². The second kappa shape index (κ2) is 8.04. The van der Waals surface area contributed by atoms with Gasteiger partial charge >= 0.3 is 6.36 Å². The highest BCUT2D eigenvalue weighted by Crippen LogP contribution is 2.35. The number of guanidine groups is 1. The second-order valence-electron chi connectivity index (χ2n) is 5.11. The number of nitrogens with one attached hydrogen (secondary N) is 1. The molecular weight excluding hydrogens is 426 g/mol. The maximum absolute atomic E-state index is 12.3. The van der Waals surface area contributed by atoms with E-state index in [1.165, 1.54) is 18.2 Å². The molecule has 0 amide bonds. The van der Waals surface area contributed by atoms with E-state index in [9.17, 15) is 13.2 Å². The molecule has 23 heavy (non-hydrogen) atoms. The summed E-state index contributed by atoms with van der Waals surface area (Å²) in [6.45, 7) is 0.366. The fourth-order valence-electron chi connectivity index (χ4n) is 2.19. The molecule has 1 aromatic carbocycles. The zero-order valence-corrected chi connectivity index (χ0v) is 14.9. The van der Waals surface area contributed by atoms with E-state index in [0.717, 1.165) is 19.3 Å². The third-order valence-corrected chi connectivity index (χ3v) is 3.61. The van der Waals surface area contributed by atoms with Crippen molar-refractivity contribution in [2.24, 2.45) is 10.7 Å². The molecule has 0 radical (unpaired) electrons. The Hall–Kier alpha value is -1.23. The van der Waals surface area contributed by atoms with Crippen LogP contribution in [0.25, 0.3) is 0 Å². The molecule has 0 heterocycles. The summed E-state index contributed by atoms with van der Waals surface area (Å²) in [5, 5.41) is 2.63. The molecule has 2 rings (SSSR count). The predicted molar refractivity (Wildman–Crippen MR) is 92.2 cm³/mol. The van der Waals surface area contributed by atoms with Crippen LogP contribution in [0, 0.1) is 0 Å². The Balaban J connectivity index is 0.00000264. The highest BCUT2D eigenvalue weighted by molar-refractivity contribution is 14.0. The second-order valence-corrected chi connectivity index (χ2v) is 5.11. The van der Waals surface area contributed by atoms with Crippen molar-refractivity contribution in [2.45, 2.75) is 31.2 Å². The summed E-state index contributed by atoms with van der Waals surface area (Å²) in [5.74, 6) is -0.347. The Kier molecular flexibility index (Phi) is 6.93. The van der Waals surface area contributed by atoms with Crippen LogP contribution in [0.3, 0.4) is 0 Å². The van der Waals surface area contributed by atoms with Crippen molar-refractivity contribution in [2.75, 3.05) is 19.0 Å². The first-order valence-electron chi connectivity index (χ1n) is 6.80. The smallest absolute Gasteiger partial charge is 0.404 e. The van der Waals surface area contributed by atoms with Crippen LogP contribution < -0.4 is 15.8 Å². The average molecular weight is 445 g/mol. The van der Waals surface area contributed by atoms with Crippen LogP contribution in [0.1, 0.15) is 19.3 Å². The van der Waals surface area contributed by atoms with E-state index < -0.39 is 6.36 Å². The van der Waals surface area contributed by atoms with Gasteiger partial charge in [0.25, 0.3) is 0 Å². The molecule has 0 saturated heterocycles. The molecular formula is C14H19F3IN3O2. The van der Waals surface area contributed by atoms with Gasteiger partial charge in [-0.05, 0) is 31.4 Å². The summed E-state index contributed by atoms with van der Waals surface area (Å²) in [7, 11) is 1.62. The summed E-state index contributed by atoms with van der Waals surface area (Å²) in [5.41, 5.74) is 5.53. The quantitative estimate of drug-likeness (QED) is 0.414. The molecule has 0 atom stereocenters. The van der Waals surface area contributed by atoms with Crippen molar-refractivity contribution in [3.63, 3.8) is 0 Å². The van der Waals surface area contributed by atoms with E-state index in [-0.39, 0.29) is 47.0 Å². The number of anilines is 1. The van der Waals surface area contributed by atoms with Crippen LogP contribution in [0.15, 0.2) is 29.3 Å². The monoisotopic (exact) mass is 445 g/mol. The normalized spacial score (nSPS) is 17.0. The van der Waals surface area contributed by atoms with Gasteiger partial charge in [0.1, 0.15) is 0 Å². The summed E-state index contributed by atoms with van der Waals surface area (Å²) in [6.07, 6.45) is -1.91. The van der Waals surface area contributed by atoms with Crippen LogP contribution in [-0.4, -0.2) is 31.6 Å². The van der Waals surface area contributed by atoms with Crippen LogP contribution in [0.4, 0.5) is 18.9 Å². The number of ether oxygens (including phenoxy) is 2. The highest BCUT2D eigenvalue weighted by atomic mass is 127. The molecule has 1 aliphatic rings. The van der Waals surface area contributed by atoms with E-state index in [1.807, 2.05) is 0 Å². The zero-order valence-electron chi connectivity index (χ0n) is 12.5. The molecule has 130 valence electrons. The molecule has 0 spiro atoms. The maximum atomic E-state index is 12.3. The number of alkyl halides is 3. The first-order chi connectivity index (χ1) is 10.3. The van der Waals surface area contributed by atoms with Gasteiger partial charge < -0.3 is 20.5 Å². The Morgan fingerprint density at radius 3 is 2.52 bits per heavy atom. The fourth-order valence-corrected chi connectivity index (χ4v) is 2.19.